The first-order chi connectivity index (χ1) is 11.2. The van der Waals surface area contributed by atoms with Gasteiger partial charge >= 0.3 is 6.09 Å². The van der Waals surface area contributed by atoms with E-state index in [-0.39, 0.29) is 18.0 Å². The highest BCUT2D eigenvalue weighted by atomic mass is 16.5. The molecule has 134 valence electrons. The van der Waals surface area contributed by atoms with Gasteiger partial charge < -0.3 is 10.1 Å². The number of hydrogen-bond acceptors (Lipinski definition) is 3. The van der Waals surface area contributed by atoms with Crippen molar-refractivity contribution in [2.75, 3.05) is 7.11 Å². The number of nitrogens with two attached hydrogens (primary N) is 1. The number of ether oxygens (including phenoxy) is 1. The van der Waals surface area contributed by atoms with Crippen molar-refractivity contribution in [3.8, 4) is 0 Å². The summed E-state index contributed by atoms with van der Waals surface area (Å²) < 4.78 is 4.47. The lowest BCUT2D eigenvalue weighted by Crippen LogP contribution is -2.93. The standard InChI is InChI=1S/C19H30N2O3/c1-12(2)11-15-7-9-16(10-8-15)17(13(3)4)20-14(5)18(22)21-19(23)24-6/h7-10,12-14,17,20H,11H2,1-6H3,(H,21,22,23)/p+1/t14-,17+/m0/s1. The van der Waals surface area contributed by atoms with Gasteiger partial charge in [-0.3, -0.25) is 10.1 Å². The number of methoxy groups -OCH3 is 1. The monoisotopic (exact) mass is 335 g/mol. The van der Waals surface area contributed by atoms with Crippen LogP contribution in [0.15, 0.2) is 24.3 Å². The number of benzene rings is 1. The molecule has 24 heavy (non-hydrogen) atoms. The lowest BCUT2D eigenvalue weighted by atomic mass is 9.93. The van der Waals surface area contributed by atoms with Crippen molar-refractivity contribution in [2.45, 2.75) is 53.1 Å². The molecule has 1 aromatic rings. The first-order valence-corrected chi connectivity index (χ1v) is 8.57. The van der Waals surface area contributed by atoms with E-state index in [0.29, 0.717) is 11.8 Å². The fourth-order valence-electron chi connectivity index (χ4n) is 2.73. The minimum Gasteiger partial charge on any atom is -0.453 e. The molecule has 2 amide bonds. The molecule has 0 aromatic heterocycles. The average molecular weight is 335 g/mol. The predicted octanol–water partition coefficient (Wildman–Crippen LogP) is 2.42. The van der Waals surface area contributed by atoms with Gasteiger partial charge in [-0.1, -0.05) is 52.0 Å². The van der Waals surface area contributed by atoms with Crippen LogP contribution in [0.4, 0.5) is 4.79 Å². The van der Waals surface area contributed by atoms with Crippen LogP contribution in [0.1, 0.15) is 51.8 Å². The van der Waals surface area contributed by atoms with Crippen LogP contribution in [0.25, 0.3) is 0 Å². The number of alkyl carbamates (subject to hydrolysis) is 1. The quantitative estimate of drug-likeness (QED) is 0.804. The van der Waals surface area contributed by atoms with Gasteiger partial charge in [0.2, 0.25) is 0 Å². The summed E-state index contributed by atoms with van der Waals surface area (Å²) in [5.74, 6) is 0.642. The maximum atomic E-state index is 12.0. The molecule has 5 heteroatoms. The minimum absolute atomic E-state index is 0.150. The van der Waals surface area contributed by atoms with Gasteiger partial charge in [0.05, 0.1) is 7.11 Å². The van der Waals surface area contributed by atoms with Gasteiger partial charge in [-0.15, -0.1) is 0 Å². The Bertz CT molecular complexity index is 538. The number of quaternary nitrogens is 1. The van der Waals surface area contributed by atoms with E-state index in [9.17, 15) is 9.59 Å². The second-order valence-electron chi connectivity index (χ2n) is 7.07. The van der Waals surface area contributed by atoms with Crippen molar-refractivity contribution < 1.29 is 19.6 Å². The van der Waals surface area contributed by atoms with Crippen molar-refractivity contribution in [1.82, 2.24) is 5.32 Å². The minimum atomic E-state index is -0.723. The van der Waals surface area contributed by atoms with Crippen molar-refractivity contribution in [2.24, 2.45) is 11.8 Å². The molecule has 0 fully saturated rings. The first kappa shape index (κ1) is 20.2. The molecule has 0 unspecified atom stereocenters. The normalized spacial score (nSPS) is 13.7. The van der Waals surface area contributed by atoms with E-state index < -0.39 is 6.09 Å². The molecular weight excluding hydrogens is 304 g/mol. The molecule has 0 saturated carbocycles. The highest BCUT2D eigenvalue weighted by Crippen LogP contribution is 2.19. The van der Waals surface area contributed by atoms with E-state index in [2.05, 4.69) is 62.0 Å². The average Bonchev–Trinajstić information content (AvgIpc) is 2.52. The second-order valence-corrected chi connectivity index (χ2v) is 7.07. The molecule has 2 atom stereocenters. The summed E-state index contributed by atoms with van der Waals surface area (Å²) in [5, 5.41) is 4.22. The van der Waals surface area contributed by atoms with Crippen LogP contribution in [-0.4, -0.2) is 25.2 Å². The third kappa shape index (κ3) is 6.32. The fourth-order valence-corrected chi connectivity index (χ4v) is 2.73. The Morgan fingerprint density at radius 3 is 2.12 bits per heavy atom. The number of imide groups is 1. The zero-order chi connectivity index (χ0) is 18.3. The molecule has 5 nitrogen and oxygen atoms in total. The molecule has 1 aromatic carbocycles. The summed E-state index contributed by atoms with van der Waals surface area (Å²) in [7, 11) is 1.24. The van der Waals surface area contributed by atoms with Gasteiger partial charge in [0, 0.05) is 11.5 Å². The molecule has 0 spiro atoms. The van der Waals surface area contributed by atoms with Gasteiger partial charge in [0.1, 0.15) is 6.04 Å². The SMILES string of the molecule is COC(=O)NC(=O)[C@H](C)[NH2+][C@@H](c1ccc(CC(C)C)cc1)C(C)C. The van der Waals surface area contributed by atoms with E-state index in [1.807, 2.05) is 5.32 Å². The summed E-state index contributed by atoms with van der Waals surface area (Å²) in [5.41, 5.74) is 2.52. The number of carbonyl (C=O) groups is 2. The van der Waals surface area contributed by atoms with Crippen LogP contribution in [0.5, 0.6) is 0 Å². The summed E-state index contributed by atoms with van der Waals surface area (Å²) in [6.45, 7) is 10.5. The predicted molar refractivity (Wildman–Crippen MR) is 94.5 cm³/mol. The smallest absolute Gasteiger partial charge is 0.413 e. The van der Waals surface area contributed by atoms with Gasteiger partial charge in [0.25, 0.3) is 5.91 Å². The maximum absolute atomic E-state index is 12.0. The van der Waals surface area contributed by atoms with Crippen molar-refractivity contribution >= 4 is 12.0 Å². The van der Waals surface area contributed by atoms with Crippen molar-refractivity contribution in [3.63, 3.8) is 0 Å². The molecule has 0 aliphatic rings. The van der Waals surface area contributed by atoms with Crippen LogP contribution in [-0.2, 0) is 16.0 Å². The Morgan fingerprint density at radius 2 is 1.67 bits per heavy atom. The molecule has 0 aliphatic carbocycles. The lowest BCUT2D eigenvalue weighted by Gasteiger charge is -2.23. The Balaban J connectivity index is 2.79. The largest absolute Gasteiger partial charge is 0.453 e. The summed E-state index contributed by atoms with van der Waals surface area (Å²) >= 11 is 0. The molecule has 3 N–H and O–H groups in total. The van der Waals surface area contributed by atoms with E-state index in [0.717, 1.165) is 6.42 Å². The third-order valence-electron chi connectivity index (χ3n) is 4.05. The lowest BCUT2D eigenvalue weighted by molar-refractivity contribution is -0.719. The zero-order valence-corrected chi connectivity index (χ0v) is 15.6. The number of amides is 2. The fraction of sp³-hybridized carbons (Fsp3) is 0.579. The van der Waals surface area contributed by atoms with Crippen molar-refractivity contribution in [1.29, 1.82) is 0 Å². The number of nitrogens with one attached hydrogen (secondary N) is 1. The van der Waals surface area contributed by atoms with Crippen LogP contribution in [0, 0.1) is 11.8 Å². The molecular formula is C19H31N2O3+. The Hall–Kier alpha value is -1.88. The summed E-state index contributed by atoms with van der Waals surface area (Å²) in [4.78, 5) is 23.2. The second kappa shape index (κ2) is 9.42. The number of carbonyl (C=O) groups excluding carboxylic acids is 2. The topological polar surface area (TPSA) is 72.0 Å². The van der Waals surface area contributed by atoms with E-state index in [1.54, 1.807) is 6.92 Å². The zero-order valence-electron chi connectivity index (χ0n) is 15.6. The Morgan fingerprint density at radius 1 is 1.08 bits per heavy atom. The van der Waals surface area contributed by atoms with Gasteiger partial charge in [-0.2, -0.15) is 0 Å². The molecule has 1 rings (SSSR count). The highest BCUT2D eigenvalue weighted by Gasteiger charge is 2.26. The molecule has 0 radical (unpaired) electrons. The molecule has 0 aliphatic heterocycles. The van der Waals surface area contributed by atoms with Crippen LogP contribution in [0.3, 0.4) is 0 Å². The Labute approximate surface area is 145 Å². The van der Waals surface area contributed by atoms with Crippen molar-refractivity contribution in [3.05, 3.63) is 35.4 Å². The van der Waals surface area contributed by atoms with E-state index >= 15 is 0 Å². The molecule has 0 saturated heterocycles. The van der Waals surface area contributed by atoms with Gasteiger partial charge in [0.15, 0.2) is 6.04 Å². The van der Waals surface area contributed by atoms with Crippen LogP contribution >= 0.6 is 0 Å². The van der Waals surface area contributed by atoms with Gasteiger partial charge in [-0.05, 0) is 24.8 Å². The van der Waals surface area contributed by atoms with Crippen LogP contribution in [0.2, 0.25) is 0 Å². The van der Waals surface area contributed by atoms with Crippen LogP contribution < -0.4 is 10.6 Å². The summed E-state index contributed by atoms with van der Waals surface area (Å²) in [6.07, 6.45) is 0.341. The number of hydrogen-bond donors (Lipinski definition) is 2. The Kier molecular flexibility index (Phi) is 7.92. The maximum Gasteiger partial charge on any atom is 0.413 e. The van der Waals surface area contributed by atoms with Gasteiger partial charge in [-0.25, -0.2) is 4.79 Å². The highest BCUT2D eigenvalue weighted by molar-refractivity contribution is 5.93. The number of rotatable bonds is 7. The molecule has 0 bridgehead atoms. The first-order valence-electron chi connectivity index (χ1n) is 8.57. The molecule has 0 heterocycles. The van der Waals surface area contributed by atoms with E-state index in [4.69, 9.17) is 0 Å². The third-order valence-corrected chi connectivity index (χ3v) is 4.05. The van der Waals surface area contributed by atoms with E-state index in [1.165, 1.54) is 18.2 Å². The summed E-state index contributed by atoms with van der Waals surface area (Å²) in [6, 6.07) is 8.38.